The number of nitrogens with zero attached hydrogens (tertiary/aromatic N) is 1. The van der Waals surface area contributed by atoms with E-state index in [1.54, 1.807) is 6.07 Å². The molecule has 1 aliphatic carbocycles. The van der Waals surface area contributed by atoms with Crippen molar-refractivity contribution < 1.29 is 14.5 Å². The summed E-state index contributed by atoms with van der Waals surface area (Å²) < 4.78 is 6.15. The highest BCUT2D eigenvalue weighted by molar-refractivity contribution is 6.31. The highest BCUT2D eigenvalue weighted by Gasteiger charge is 2.33. The van der Waals surface area contributed by atoms with E-state index in [-0.39, 0.29) is 28.7 Å². The number of hydrogen-bond donors (Lipinski definition) is 0. The van der Waals surface area contributed by atoms with Crippen LogP contribution in [0.5, 0.6) is 0 Å². The summed E-state index contributed by atoms with van der Waals surface area (Å²) in [5, 5.41) is 11.3. The van der Waals surface area contributed by atoms with Crippen molar-refractivity contribution >= 4 is 23.3 Å². The van der Waals surface area contributed by atoms with E-state index in [1.807, 2.05) is 48.5 Å². The number of hydrogen-bond acceptors (Lipinski definition) is 4. The van der Waals surface area contributed by atoms with E-state index < -0.39 is 10.8 Å². The van der Waals surface area contributed by atoms with E-state index in [1.165, 1.54) is 17.7 Å². The Balaban J connectivity index is 1.62. The lowest BCUT2D eigenvalue weighted by Gasteiger charge is -2.33. The summed E-state index contributed by atoms with van der Waals surface area (Å²) in [6.07, 6.45) is 4.11. The van der Waals surface area contributed by atoms with Crippen molar-refractivity contribution in [3.05, 3.63) is 111 Å². The number of esters is 1. The minimum absolute atomic E-state index is 0.105. The lowest BCUT2D eigenvalue weighted by Crippen LogP contribution is -2.31. The maximum absolute atomic E-state index is 13.5. The SMILES string of the molecule is O=C(O[C@@H]1CCCC[C@H]1c1ccccc1)[C@@H](Cc1ccccc1)c1ccc([N+](=O)[O-])cc1Cl. The number of benzene rings is 3. The molecule has 1 saturated carbocycles. The van der Waals surface area contributed by atoms with Gasteiger partial charge in [-0.25, -0.2) is 0 Å². The zero-order chi connectivity index (χ0) is 23.2. The van der Waals surface area contributed by atoms with Crippen LogP contribution in [0.15, 0.2) is 78.9 Å². The van der Waals surface area contributed by atoms with Gasteiger partial charge in [-0.1, -0.05) is 78.7 Å². The maximum Gasteiger partial charge on any atom is 0.314 e. The van der Waals surface area contributed by atoms with Crippen molar-refractivity contribution in [2.24, 2.45) is 0 Å². The Kier molecular flexibility index (Phi) is 7.40. The van der Waals surface area contributed by atoms with Gasteiger partial charge in [0.25, 0.3) is 5.69 Å². The summed E-state index contributed by atoms with van der Waals surface area (Å²) in [7, 11) is 0. The van der Waals surface area contributed by atoms with Crippen LogP contribution >= 0.6 is 11.6 Å². The zero-order valence-electron chi connectivity index (χ0n) is 18.2. The summed E-state index contributed by atoms with van der Waals surface area (Å²) in [6.45, 7) is 0. The van der Waals surface area contributed by atoms with Gasteiger partial charge in [-0.15, -0.1) is 0 Å². The molecule has 6 heteroatoms. The van der Waals surface area contributed by atoms with Crippen molar-refractivity contribution in [1.29, 1.82) is 0 Å². The Hall–Kier alpha value is -3.18. The van der Waals surface area contributed by atoms with E-state index in [0.717, 1.165) is 31.2 Å². The Morgan fingerprint density at radius 3 is 2.33 bits per heavy atom. The topological polar surface area (TPSA) is 69.4 Å². The van der Waals surface area contributed by atoms with E-state index in [2.05, 4.69) is 12.1 Å². The molecule has 33 heavy (non-hydrogen) atoms. The van der Waals surface area contributed by atoms with Crippen molar-refractivity contribution in [3.63, 3.8) is 0 Å². The molecule has 4 rings (SSSR count). The molecule has 0 unspecified atom stereocenters. The third kappa shape index (κ3) is 5.60. The van der Waals surface area contributed by atoms with Gasteiger partial charge in [0.1, 0.15) is 6.10 Å². The van der Waals surface area contributed by atoms with Gasteiger partial charge in [-0.2, -0.15) is 0 Å². The molecule has 5 nitrogen and oxygen atoms in total. The van der Waals surface area contributed by atoms with Crippen LogP contribution in [0, 0.1) is 10.1 Å². The van der Waals surface area contributed by atoms with Gasteiger partial charge in [-0.05, 0) is 48.4 Å². The fourth-order valence-corrected chi connectivity index (χ4v) is 4.94. The molecular formula is C27H26ClNO4. The standard InChI is InChI=1S/C27H26ClNO4/c28-25-18-21(29(31)32)15-16-23(25)24(17-19-9-3-1-4-10-19)27(30)33-26-14-8-7-13-22(26)20-11-5-2-6-12-20/h1-6,9-12,15-16,18,22,24,26H,7-8,13-14,17H2/t22-,24-,26+/m0/s1. The molecule has 3 aromatic rings. The average Bonchev–Trinajstić information content (AvgIpc) is 2.84. The van der Waals surface area contributed by atoms with Gasteiger partial charge in [0, 0.05) is 18.1 Å². The molecule has 3 aromatic carbocycles. The molecule has 170 valence electrons. The van der Waals surface area contributed by atoms with E-state index >= 15 is 0 Å². The molecule has 3 atom stereocenters. The summed E-state index contributed by atoms with van der Waals surface area (Å²) in [5.41, 5.74) is 2.59. The fourth-order valence-electron chi connectivity index (χ4n) is 4.63. The summed E-state index contributed by atoms with van der Waals surface area (Å²) in [5.74, 6) is -0.838. The Labute approximate surface area is 198 Å². The van der Waals surface area contributed by atoms with Crippen molar-refractivity contribution in [2.45, 2.75) is 50.0 Å². The van der Waals surface area contributed by atoms with Gasteiger partial charge in [0.2, 0.25) is 0 Å². The number of rotatable bonds is 7. The third-order valence-corrected chi connectivity index (χ3v) is 6.66. The van der Waals surface area contributed by atoms with Crippen LogP contribution in [0.25, 0.3) is 0 Å². The quantitative estimate of drug-likeness (QED) is 0.218. The molecule has 0 heterocycles. The molecule has 1 aliphatic rings. The number of carbonyl (C=O) groups excluding carboxylic acids is 1. The van der Waals surface area contributed by atoms with Gasteiger partial charge in [-0.3, -0.25) is 14.9 Å². The predicted octanol–water partition coefficient (Wildman–Crippen LogP) is 6.84. The van der Waals surface area contributed by atoms with Crippen molar-refractivity contribution in [3.8, 4) is 0 Å². The van der Waals surface area contributed by atoms with Gasteiger partial charge >= 0.3 is 5.97 Å². The maximum atomic E-state index is 13.5. The Morgan fingerprint density at radius 2 is 1.67 bits per heavy atom. The van der Waals surface area contributed by atoms with Crippen molar-refractivity contribution in [1.82, 2.24) is 0 Å². The lowest BCUT2D eigenvalue weighted by molar-refractivity contribution is -0.384. The smallest absolute Gasteiger partial charge is 0.314 e. The Morgan fingerprint density at radius 1 is 1.00 bits per heavy atom. The highest BCUT2D eigenvalue weighted by atomic mass is 35.5. The molecule has 0 radical (unpaired) electrons. The van der Waals surface area contributed by atoms with Gasteiger partial charge < -0.3 is 4.74 Å². The van der Waals surface area contributed by atoms with E-state index in [4.69, 9.17) is 16.3 Å². The van der Waals surface area contributed by atoms with Crippen LogP contribution in [0.4, 0.5) is 5.69 Å². The van der Waals surface area contributed by atoms with Gasteiger partial charge in [0.15, 0.2) is 0 Å². The van der Waals surface area contributed by atoms with Crippen LogP contribution in [0.2, 0.25) is 5.02 Å². The number of carbonyl (C=O) groups is 1. The number of nitro benzene ring substituents is 1. The molecule has 0 spiro atoms. The highest BCUT2D eigenvalue weighted by Crippen LogP contribution is 2.37. The lowest BCUT2D eigenvalue weighted by atomic mass is 9.81. The molecule has 0 aromatic heterocycles. The number of ether oxygens (including phenoxy) is 1. The second kappa shape index (κ2) is 10.6. The first-order valence-corrected chi connectivity index (χ1v) is 11.6. The molecule has 0 aliphatic heterocycles. The molecule has 0 amide bonds. The minimum atomic E-state index is -0.654. The monoisotopic (exact) mass is 463 g/mol. The van der Waals surface area contributed by atoms with Crippen LogP contribution in [0.1, 0.15) is 54.2 Å². The van der Waals surface area contributed by atoms with Gasteiger partial charge in [0.05, 0.1) is 15.9 Å². The predicted molar refractivity (Wildman–Crippen MR) is 129 cm³/mol. The fraction of sp³-hybridized carbons (Fsp3) is 0.296. The Bertz CT molecular complexity index is 1100. The van der Waals surface area contributed by atoms with Crippen molar-refractivity contribution in [2.75, 3.05) is 0 Å². The van der Waals surface area contributed by atoms with Crippen LogP contribution in [-0.2, 0) is 16.0 Å². The molecule has 0 N–H and O–H groups in total. The molecule has 0 saturated heterocycles. The second-order valence-electron chi connectivity index (χ2n) is 8.48. The third-order valence-electron chi connectivity index (χ3n) is 6.34. The van der Waals surface area contributed by atoms with Crippen LogP contribution < -0.4 is 0 Å². The first-order valence-electron chi connectivity index (χ1n) is 11.3. The number of halogens is 1. The zero-order valence-corrected chi connectivity index (χ0v) is 19.0. The number of non-ortho nitro benzene ring substituents is 1. The first kappa shape index (κ1) is 23.0. The molecular weight excluding hydrogens is 438 g/mol. The summed E-state index contributed by atoms with van der Waals surface area (Å²) in [6, 6.07) is 24.1. The van der Waals surface area contributed by atoms with Crippen LogP contribution in [-0.4, -0.2) is 17.0 Å². The van der Waals surface area contributed by atoms with Crippen LogP contribution in [0.3, 0.4) is 0 Å². The molecule has 0 bridgehead atoms. The van der Waals surface area contributed by atoms with E-state index in [9.17, 15) is 14.9 Å². The number of nitro groups is 1. The first-order chi connectivity index (χ1) is 16.0. The second-order valence-corrected chi connectivity index (χ2v) is 8.89. The molecule has 1 fully saturated rings. The normalized spacial score (nSPS) is 18.9. The largest absolute Gasteiger partial charge is 0.461 e. The minimum Gasteiger partial charge on any atom is -0.461 e. The summed E-state index contributed by atoms with van der Waals surface area (Å²) >= 11 is 6.43. The van der Waals surface area contributed by atoms with E-state index in [0.29, 0.717) is 12.0 Å². The average molecular weight is 464 g/mol. The summed E-state index contributed by atoms with van der Waals surface area (Å²) in [4.78, 5) is 24.2.